The molecule has 5 nitrogen and oxygen atoms in total. The van der Waals surface area contributed by atoms with Crippen molar-refractivity contribution in [1.29, 1.82) is 0 Å². The molecule has 1 atom stereocenters. The average molecular weight is 250 g/mol. The van der Waals surface area contributed by atoms with Crippen molar-refractivity contribution in [2.75, 3.05) is 18.6 Å². The number of carbonyl (C=O) groups excluding carboxylic acids is 1. The lowest BCUT2D eigenvalue weighted by molar-refractivity contribution is -0.122. The third-order valence-electron chi connectivity index (χ3n) is 2.16. The van der Waals surface area contributed by atoms with E-state index in [1.807, 2.05) is 0 Å². The number of nitrogens with two attached hydrogens (primary N) is 1. The Morgan fingerprint density at radius 2 is 1.88 bits per heavy atom. The average Bonchev–Trinajstić information content (AvgIpc) is 2.12. The van der Waals surface area contributed by atoms with E-state index in [0.29, 0.717) is 12.5 Å². The molecule has 0 saturated carbocycles. The van der Waals surface area contributed by atoms with Crippen LogP contribution in [0.1, 0.15) is 26.7 Å². The van der Waals surface area contributed by atoms with Crippen molar-refractivity contribution in [3.63, 3.8) is 0 Å². The third-order valence-corrected chi connectivity index (χ3v) is 3.13. The topological polar surface area (TPSA) is 89.3 Å². The van der Waals surface area contributed by atoms with Crippen LogP contribution in [-0.4, -0.2) is 38.9 Å². The number of rotatable bonds is 7. The molecular formula is C10H22N2O3S. The summed E-state index contributed by atoms with van der Waals surface area (Å²) in [5, 5.41) is 2.69. The summed E-state index contributed by atoms with van der Waals surface area (Å²) in [6.45, 7) is 4.72. The molecule has 0 spiro atoms. The Morgan fingerprint density at radius 3 is 2.31 bits per heavy atom. The minimum Gasteiger partial charge on any atom is -0.355 e. The van der Waals surface area contributed by atoms with Crippen LogP contribution >= 0.6 is 0 Å². The van der Waals surface area contributed by atoms with Crippen LogP contribution in [0, 0.1) is 5.92 Å². The van der Waals surface area contributed by atoms with Crippen LogP contribution in [0.5, 0.6) is 0 Å². The molecule has 0 aliphatic carbocycles. The summed E-state index contributed by atoms with van der Waals surface area (Å²) in [6.07, 6.45) is 2.20. The molecule has 3 N–H and O–H groups in total. The van der Waals surface area contributed by atoms with Gasteiger partial charge in [-0.1, -0.05) is 13.8 Å². The van der Waals surface area contributed by atoms with Crippen LogP contribution in [0.2, 0.25) is 0 Å². The van der Waals surface area contributed by atoms with Gasteiger partial charge in [0.05, 0.1) is 11.8 Å². The van der Waals surface area contributed by atoms with Gasteiger partial charge in [0, 0.05) is 12.8 Å². The lowest BCUT2D eigenvalue weighted by atomic mass is 10.1. The quantitative estimate of drug-likeness (QED) is 0.661. The van der Waals surface area contributed by atoms with E-state index in [2.05, 4.69) is 19.2 Å². The van der Waals surface area contributed by atoms with E-state index in [1.54, 1.807) is 0 Å². The Kier molecular flexibility index (Phi) is 6.59. The summed E-state index contributed by atoms with van der Waals surface area (Å²) in [7, 11) is -3.05. The summed E-state index contributed by atoms with van der Waals surface area (Å²) in [6, 6.07) is -0.734. The molecule has 96 valence electrons. The monoisotopic (exact) mass is 250 g/mol. The van der Waals surface area contributed by atoms with Crippen LogP contribution in [0.15, 0.2) is 0 Å². The first-order valence-electron chi connectivity index (χ1n) is 5.43. The van der Waals surface area contributed by atoms with Gasteiger partial charge in [0.2, 0.25) is 5.91 Å². The Labute approximate surface area is 97.7 Å². The molecule has 0 aromatic rings. The van der Waals surface area contributed by atoms with Gasteiger partial charge >= 0.3 is 0 Å². The van der Waals surface area contributed by atoms with Gasteiger partial charge in [0.1, 0.15) is 9.84 Å². The van der Waals surface area contributed by atoms with E-state index in [0.717, 1.165) is 12.7 Å². The molecule has 0 saturated heterocycles. The first kappa shape index (κ1) is 15.4. The highest BCUT2D eigenvalue weighted by molar-refractivity contribution is 7.90. The SMILES string of the molecule is CC(C)CCNC(=O)C(N)CCS(C)(=O)=O. The second-order valence-electron chi connectivity index (χ2n) is 4.50. The van der Waals surface area contributed by atoms with E-state index in [1.165, 1.54) is 0 Å². The first-order valence-corrected chi connectivity index (χ1v) is 7.49. The number of amides is 1. The van der Waals surface area contributed by atoms with Gasteiger partial charge in [-0.05, 0) is 18.8 Å². The predicted octanol–water partition coefficient (Wildman–Crippen LogP) is -0.0893. The van der Waals surface area contributed by atoms with Gasteiger partial charge in [-0.3, -0.25) is 4.79 Å². The molecule has 16 heavy (non-hydrogen) atoms. The maximum atomic E-state index is 11.4. The molecule has 0 heterocycles. The van der Waals surface area contributed by atoms with Crippen molar-refractivity contribution in [3.05, 3.63) is 0 Å². The second kappa shape index (κ2) is 6.85. The van der Waals surface area contributed by atoms with E-state index in [9.17, 15) is 13.2 Å². The zero-order valence-corrected chi connectivity index (χ0v) is 11.0. The van der Waals surface area contributed by atoms with Crippen molar-refractivity contribution in [3.8, 4) is 0 Å². The van der Waals surface area contributed by atoms with E-state index in [4.69, 9.17) is 5.73 Å². The lowest BCUT2D eigenvalue weighted by Crippen LogP contribution is -2.42. The summed E-state index contributed by atoms with van der Waals surface area (Å²) in [4.78, 5) is 11.4. The molecule has 0 rings (SSSR count). The fourth-order valence-electron chi connectivity index (χ4n) is 1.09. The molecule has 0 aromatic heterocycles. The van der Waals surface area contributed by atoms with E-state index in [-0.39, 0.29) is 18.1 Å². The van der Waals surface area contributed by atoms with Crippen LogP contribution in [-0.2, 0) is 14.6 Å². The number of hydrogen-bond acceptors (Lipinski definition) is 4. The molecule has 0 aromatic carbocycles. The summed E-state index contributed by atoms with van der Waals surface area (Å²) in [5.41, 5.74) is 5.56. The van der Waals surface area contributed by atoms with E-state index >= 15 is 0 Å². The largest absolute Gasteiger partial charge is 0.355 e. The highest BCUT2D eigenvalue weighted by atomic mass is 32.2. The minimum absolute atomic E-state index is 0.0498. The summed E-state index contributed by atoms with van der Waals surface area (Å²) >= 11 is 0. The molecule has 0 aliphatic heterocycles. The lowest BCUT2D eigenvalue weighted by Gasteiger charge is -2.12. The summed E-state index contributed by atoms with van der Waals surface area (Å²) < 4.78 is 21.7. The highest BCUT2D eigenvalue weighted by Crippen LogP contribution is 1.98. The van der Waals surface area contributed by atoms with Gasteiger partial charge in [-0.2, -0.15) is 0 Å². The Morgan fingerprint density at radius 1 is 1.31 bits per heavy atom. The smallest absolute Gasteiger partial charge is 0.236 e. The van der Waals surface area contributed by atoms with Gasteiger partial charge in [0.25, 0.3) is 0 Å². The maximum Gasteiger partial charge on any atom is 0.236 e. The number of carbonyl (C=O) groups is 1. The zero-order chi connectivity index (χ0) is 12.8. The highest BCUT2D eigenvalue weighted by Gasteiger charge is 2.15. The number of sulfone groups is 1. The fourth-order valence-corrected chi connectivity index (χ4v) is 1.77. The van der Waals surface area contributed by atoms with Crippen LogP contribution in [0.4, 0.5) is 0 Å². The molecule has 0 aliphatic rings. The van der Waals surface area contributed by atoms with Gasteiger partial charge in [-0.15, -0.1) is 0 Å². The van der Waals surface area contributed by atoms with Gasteiger partial charge in [-0.25, -0.2) is 8.42 Å². The zero-order valence-electron chi connectivity index (χ0n) is 10.2. The number of nitrogens with one attached hydrogen (secondary N) is 1. The second-order valence-corrected chi connectivity index (χ2v) is 6.76. The van der Waals surface area contributed by atoms with Gasteiger partial charge in [0.15, 0.2) is 0 Å². The van der Waals surface area contributed by atoms with Crippen LogP contribution in [0.3, 0.4) is 0 Å². The predicted molar refractivity (Wildman–Crippen MR) is 64.8 cm³/mol. The first-order chi connectivity index (χ1) is 7.22. The number of hydrogen-bond donors (Lipinski definition) is 2. The van der Waals surface area contributed by atoms with Crippen molar-refractivity contribution in [2.45, 2.75) is 32.7 Å². The normalized spacial score (nSPS) is 13.8. The maximum absolute atomic E-state index is 11.4. The fraction of sp³-hybridized carbons (Fsp3) is 0.900. The van der Waals surface area contributed by atoms with Gasteiger partial charge < -0.3 is 11.1 Å². The van der Waals surface area contributed by atoms with Crippen molar-refractivity contribution in [2.24, 2.45) is 11.7 Å². The van der Waals surface area contributed by atoms with Crippen LogP contribution < -0.4 is 11.1 Å². The third kappa shape index (κ3) is 8.67. The van der Waals surface area contributed by atoms with Crippen molar-refractivity contribution < 1.29 is 13.2 Å². The summed E-state index contributed by atoms with van der Waals surface area (Å²) in [5.74, 6) is 0.197. The Balaban J connectivity index is 3.82. The molecule has 0 bridgehead atoms. The Bertz CT molecular complexity index is 312. The van der Waals surface area contributed by atoms with Crippen LogP contribution in [0.25, 0.3) is 0 Å². The van der Waals surface area contributed by atoms with Crippen molar-refractivity contribution >= 4 is 15.7 Å². The van der Waals surface area contributed by atoms with Crippen molar-refractivity contribution in [1.82, 2.24) is 5.32 Å². The molecule has 6 heteroatoms. The molecular weight excluding hydrogens is 228 g/mol. The molecule has 0 fully saturated rings. The Hall–Kier alpha value is -0.620. The standard InChI is InChI=1S/C10H22N2O3S/c1-8(2)4-6-12-10(13)9(11)5-7-16(3,14)15/h8-9H,4-7,11H2,1-3H3,(H,12,13). The van der Waals surface area contributed by atoms with E-state index < -0.39 is 15.9 Å². The molecule has 0 radical (unpaired) electrons. The minimum atomic E-state index is -3.05. The molecule has 1 amide bonds. The molecule has 1 unspecified atom stereocenters.